The van der Waals surface area contributed by atoms with Crippen molar-refractivity contribution in [3.8, 4) is 11.5 Å². The molecule has 0 spiro atoms. The summed E-state index contributed by atoms with van der Waals surface area (Å²) in [5.74, 6) is -0.0225. The van der Waals surface area contributed by atoms with Crippen molar-refractivity contribution < 1.29 is 24.2 Å². The number of carbonyl (C=O) groups excluding carboxylic acids is 1. The van der Waals surface area contributed by atoms with E-state index in [1.165, 1.54) is 28.8 Å². The Balaban J connectivity index is 2.01. The third-order valence-corrected chi connectivity index (χ3v) is 5.25. The van der Waals surface area contributed by atoms with Crippen LogP contribution in [0.4, 0.5) is 5.69 Å². The summed E-state index contributed by atoms with van der Waals surface area (Å²) < 4.78 is 10.7. The van der Waals surface area contributed by atoms with Crippen LogP contribution in [0.25, 0.3) is 6.08 Å². The first-order valence-electron chi connectivity index (χ1n) is 8.93. The zero-order valence-electron chi connectivity index (χ0n) is 16.5. The number of aromatic carboxylic acids is 1. The molecule has 0 unspecified atom stereocenters. The topological polar surface area (TPSA) is 88.4 Å². The molecule has 0 saturated carbocycles. The summed E-state index contributed by atoms with van der Waals surface area (Å²) in [4.78, 5) is 30.6. The molecular formula is C22H20N2O5S. The number of ether oxygens (including phenoxy) is 2. The first-order valence-corrected chi connectivity index (χ1v) is 9.75. The van der Waals surface area contributed by atoms with Crippen LogP contribution in [0.15, 0.2) is 65.0 Å². The molecule has 154 valence electrons. The van der Waals surface area contributed by atoms with Gasteiger partial charge in [-0.1, -0.05) is 12.1 Å². The fourth-order valence-electron chi connectivity index (χ4n) is 2.79. The number of amidine groups is 1. The van der Waals surface area contributed by atoms with E-state index in [2.05, 4.69) is 11.6 Å². The van der Waals surface area contributed by atoms with Crippen LogP contribution in [0.1, 0.15) is 15.9 Å². The van der Waals surface area contributed by atoms with Crippen molar-refractivity contribution in [2.24, 2.45) is 4.99 Å². The lowest BCUT2D eigenvalue weighted by Gasteiger charge is -2.12. The van der Waals surface area contributed by atoms with E-state index < -0.39 is 5.97 Å². The molecule has 1 aliphatic rings. The lowest BCUT2D eigenvalue weighted by Crippen LogP contribution is -2.29. The first kappa shape index (κ1) is 21.2. The molecule has 0 aromatic heterocycles. The summed E-state index contributed by atoms with van der Waals surface area (Å²) in [6.45, 7) is 3.98. The van der Waals surface area contributed by atoms with Gasteiger partial charge in [0.05, 0.1) is 30.4 Å². The number of benzene rings is 2. The van der Waals surface area contributed by atoms with E-state index in [0.717, 1.165) is 0 Å². The highest BCUT2D eigenvalue weighted by Crippen LogP contribution is 2.36. The van der Waals surface area contributed by atoms with Crippen LogP contribution in [0.5, 0.6) is 11.5 Å². The Kier molecular flexibility index (Phi) is 6.58. The van der Waals surface area contributed by atoms with Crippen LogP contribution < -0.4 is 9.47 Å². The summed E-state index contributed by atoms with van der Waals surface area (Å²) in [6, 6.07) is 11.6. The van der Waals surface area contributed by atoms with Gasteiger partial charge < -0.3 is 14.6 Å². The average Bonchev–Trinajstić information content (AvgIpc) is 3.03. The number of aliphatic imine (C=N–C) groups is 1. The number of amides is 1. The van der Waals surface area contributed by atoms with Crippen molar-refractivity contribution in [3.63, 3.8) is 0 Å². The molecule has 2 aromatic rings. The number of carbonyl (C=O) groups is 2. The van der Waals surface area contributed by atoms with Crippen molar-refractivity contribution in [1.29, 1.82) is 0 Å². The Morgan fingerprint density at radius 2 is 2.03 bits per heavy atom. The second-order valence-electron chi connectivity index (χ2n) is 6.17. The maximum absolute atomic E-state index is 13.0. The summed E-state index contributed by atoms with van der Waals surface area (Å²) in [5.41, 5.74) is 1.26. The highest BCUT2D eigenvalue weighted by Gasteiger charge is 2.33. The van der Waals surface area contributed by atoms with Crippen LogP contribution in [-0.2, 0) is 4.79 Å². The van der Waals surface area contributed by atoms with Crippen LogP contribution >= 0.6 is 11.8 Å². The van der Waals surface area contributed by atoms with Gasteiger partial charge in [0.15, 0.2) is 5.17 Å². The highest BCUT2D eigenvalue weighted by molar-refractivity contribution is 8.18. The zero-order valence-corrected chi connectivity index (χ0v) is 17.3. The molecule has 0 radical (unpaired) electrons. The van der Waals surface area contributed by atoms with Gasteiger partial charge in [0.25, 0.3) is 5.91 Å². The van der Waals surface area contributed by atoms with Gasteiger partial charge in [0, 0.05) is 12.1 Å². The van der Waals surface area contributed by atoms with E-state index in [4.69, 9.17) is 9.47 Å². The van der Waals surface area contributed by atoms with Crippen molar-refractivity contribution in [2.75, 3.05) is 20.8 Å². The predicted molar refractivity (Wildman–Crippen MR) is 118 cm³/mol. The molecule has 0 bridgehead atoms. The van der Waals surface area contributed by atoms with Crippen molar-refractivity contribution in [2.45, 2.75) is 0 Å². The maximum atomic E-state index is 13.0. The van der Waals surface area contributed by atoms with Gasteiger partial charge in [-0.2, -0.15) is 0 Å². The number of nitrogens with zero attached hydrogens (tertiary/aromatic N) is 2. The Morgan fingerprint density at radius 3 is 2.70 bits per heavy atom. The van der Waals surface area contributed by atoms with Crippen molar-refractivity contribution in [1.82, 2.24) is 4.90 Å². The highest BCUT2D eigenvalue weighted by atomic mass is 32.2. The minimum absolute atomic E-state index is 0.123. The minimum atomic E-state index is -1.04. The molecule has 1 N–H and O–H groups in total. The average molecular weight is 424 g/mol. The first-order chi connectivity index (χ1) is 14.5. The molecule has 30 heavy (non-hydrogen) atoms. The minimum Gasteiger partial charge on any atom is -0.497 e. The summed E-state index contributed by atoms with van der Waals surface area (Å²) >= 11 is 1.20. The molecule has 1 amide bonds. The van der Waals surface area contributed by atoms with Gasteiger partial charge in [0.1, 0.15) is 11.5 Å². The Labute approximate surface area is 178 Å². The SMILES string of the molecule is C=CCN1C(=O)/C(=C/c2cc(OC)ccc2OC)SC1=Nc1cccc(C(=O)O)c1. The molecule has 1 aliphatic heterocycles. The number of hydrogen-bond donors (Lipinski definition) is 1. The molecule has 7 nitrogen and oxygen atoms in total. The Morgan fingerprint density at radius 1 is 1.23 bits per heavy atom. The van der Waals surface area contributed by atoms with Gasteiger partial charge in [-0.15, -0.1) is 6.58 Å². The van der Waals surface area contributed by atoms with Gasteiger partial charge in [-0.05, 0) is 54.2 Å². The van der Waals surface area contributed by atoms with E-state index in [1.807, 2.05) is 0 Å². The second-order valence-corrected chi connectivity index (χ2v) is 7.18. The molecule has 8 heteroatoms. The van der Waals surface area contributed by atoms with Crippen molar-refractivity contribution >= 4 is 40.6 Å². The lowest BCUT2D eigenvalue weighted by atomic mass is 10.1. The lowest BCUT2D eigenvalue weighted by molar-refractivity contribution is -0.121. The number of carboxylic acid groups (broad SMARTS) is 1. The van der Waals surface area contributed by atoms with Crippen LogP contribution in [0, 0.1) is 0 Å². The van der Waals surface area contributed by atoms with Crippen LogP contribution in [0.3, 0.4) is 0 Å². The van der Waals surface area contributed by atoms with Gasteiger partial charge in [-0.25, -0.2) is 9.79 Å². The Bertz CT molecular complexity index is 1060. The van der Waals surface area contributed by atoms with Gasteiger partial charge in [-0.3, -0.25) is 9.69 Å². The monoisotopic (exact) mass is 424 g/mol. The number of thioether (sulfide) groups is 1. The van der Waals surface area contributed by atoms with Crippen molar-refractivity contribution in [3.05, 3.63) is 71.2 Å². The zero-order chi connectivity index (χ0) is 21.7. The van der Waals surface area contributed by atoms with E-state index >= 15 is 0 Å². The number of carboxylic acids is 1. The molecule has 2 aromatic carbocycles. The fourth-order valence-corrected chi connectivity index (χ4v) is 3.79. The quantitative estimate of drug-likeness (QED) is 0.530. The van der Waals surface area contributed by atoms with E-state index in [9.17, 15) is 14.7 Å². The molecule has 1 saturated heterocycles. The molecule has 0 atom stereocenters. The molecular weight excluding hydrogens is 404 g/mol. The largest absolute Gasteiger partial charge is 0.497 e. The number of rotatable bonds is 7. The maximum Gasteiger partial charge on any atom is 0.335 e. The van der Waals surface area contributed by atoms with E-state index in [1.54, 1.807) is 56.7 Å². The molecule has 1 heterocycles. The summed E-state index contributed by atoms with van der Waals surface area (Å²) in [5, 5.41) is 9.62. The third kappa shape index (κ3) is 4.55. The van der Waals surface area contributed by atoms with E-state index in [-0.39, 0.29) is 18.0 Å². The standard InChI is InChI=1S/C22H20N2O5S/c1-4-10-24-20(25)19(13-15-12-17(28-2)8-9-18(15)29-3)30-22(24)23-16-7-5-6-14(11-16)21(26)27/h4-9,11-13H,1,10H2,2-3H3,(H,26,27)/b19-13-,23-22?. The molecule has 3 rings (SSSR count). The molecule has 1 fully saturated rings. The van der Waals surface area contributed by atoms with Gasteiger partial charge >= 0.3 is 5.97 Å². The number of hydrogen-bond acceptors (Lipinski definition) is 6. The second kappa shape index (κ2) is 9.32. The fraction of sp³-hybridized carbons (Fsp3) is 0.136. The summed E-state index contributed by atoms with van der Waals surface area (Å²) in [6.07, 6.45) is 3.33. The van der Waals surface area contributed by atoms with Gasteiger partial charge in [0.2, 0.25) is 0 Å². The molecule has 0 aliphatic carbocycles. The smallest absolute Gasteiger partial charge is 0.335 e. The predicted octanol–water partition coefficient (Wildman–Crippen LogP) is 4.19. The normalized spacial score (nSPS) is 16.2. The number of methoxy groups -OCH3 is 2. The Hall–Kier alpha value is -3.52. The van der Waals surface area contributed by atoms with E-state index in [0.29, 0.717) is 32.8 Å². The summed E-state index contributed by atoms with van der Waals surface area (Å²) in [7, 11) is 3.12. The third-order valence-electron chi connectivity index (χ3n) is 4.24. The van der Waals surface area contributed by atoms with Crippen LogP contribution in [0.2, 0.25) is 0 Å². The van der Waals surface area contributed by atoms with Crippen LogP contribution in [-0.4, -0.2) is 47.8 Å².